The second kappa shape index (κ2) is 5.63. The van der Waals surface area contributed by atoms with E-state index in [1.807, 2.05) is 0 Å². The van der Waals surface area contributed by atoms with Gasteiger partial charge in [0.15, 0.2) is 0 Å². The van der Waals surface area contributed by atoms with E-state index in [9.17, 15) is 0 Å². The van der Waals surface area contributed by atoms with Crippen LogP contribution in [0.1, 0.15) is 16.3 Å². The fourth-order valence-electron chi connectivity index (χ4n) is 2.52. The third-order valence-corrected chi connectivity index (χ3v) is 4.96. The first-order chi connectivity index (χ1) is 9.65. The SMILES string of the molecule is Cc1sc2nc(CCN3CCOCC3)nc(N)c2c1C. The molecular weight excluding hydrogens is 272 g/mol. The summed E-state index contributed by atoms with van der Waals surface area (Å²) in [7, 11) is 0. The Balaban J connectivity index is 1.78. The number of hydrogen-bond acceptors (Lipinski definition) is 6. The molecule has 6 heteroatoms. The van der Waals surface area contributed by atoms with Gasteiger partial charge in [0.25, 0.3) is 0 Å². The maximum atomic E-state index is 6.10. The van der Waals surface area contributed by atoms with Gasteiger partial charge in [0.1, 0.15) is 16.5 Å². The Morgan fingerprint density at radius 3 is 2.75 bits per heavy atom. The summed E-state index contributed by atoms with van der Waals surface area (Å²) in [5.41, 5.74) is 7.31. The first-order valence-corrected chi connectivity index (χ1v) is 7.79. The van der Waals surface area contributed by atoms with Crippen LogP contribution in [0.4, 0.5) is 5.82 Å². The van der Waals surface area contributed by atoms with Gasteiger partial charge in [-0.25, -0.2) is 9.97 Å². The van der Waals surface area contributed by atoms with Crippen LogP contribution in [0.25, 0.3) is 10.2 Å². The number of ether oxygens (including phenoxy) is 1. The van der Waals surface area contributed by atoms with E-state index in [2.05, 4.69) is 28.7 Å². The Morgan fingerprint density at radius 1 is 1.25 bits per heavy atom. The van der Waals surface area contributed by atoms with Gasteiger partial charge >= 0.3 is 0 Å². The van der Waals surface area contributed by atoms with Crippen molar-refractivity contribution in [2.45, 2.75) is 20.3 Å². The molecule has 0 radical (unpaired) electrons. The minimum atomic E-state index is 0.619. The predicted molar refractivity (Wildman–Crippen MR) is 82.3 cm³/mol. The topological polar surface area (TPSA) is 64.3 Å². The number of nitrogens with two attached hydrogens (primary N) is 1. The molecule has 20 heavy (non-hydrogen) atoms. The fourth-order valence-corrected chi connectivity index (χ4v) is 3.58. The minimum Gasteiger partial charge on any atom is -0.383 e. The normalized spacial score (nSPS) is 16.9. The highest BCUT2D eigenvalue weighted by Gasteiger charge is 2.14. The first kappa shape index (κ1) is 13.7. The zero-order valence-electron chi connectivity index (χ0n) is 12.0. The van der Waals surface area contributed by atoms with Crippen LogP contribution in [0.2, 0.25) is 0 Å². The van der Waals surface area contributed by atoms with Gasteiger partial charge in [0.05, 0.1) is 18.6 Å². The van der Waals surface area contributed by atoms with Crippen molar-refractivity contribution in [2.75, 3.05) is 38.6 Å². The second-order valence-corrected chi connectivity index (χ2v) is 6.40. The van der Waals surface area contributed by atoms with Gasteiger partial charge in [0.2, 0.25) is 0 Å². The lowest BCUT2D eigenvalue weighted by Gasteiger charge is -2.26. The molecule has 5 nitrogen and oxygen atoms in total. The number of nitrogens with zero attached hydrogens (tertiary/aromatic N) is 3. The summed E-state index contributed by atoms with van der Waals surface area (Å²) >= 11 is 1.70. The highest BCUT2D eigenvalue weighted by atomic mass is 32.1. The van der Waals surface area contributed by atoms with Crippen LogP contribution in [0.15, 0.2) is 0 Å². The number of aryl methyl sites for hydroxylation is 2. The molecule has 0 amide bonds. The summed E-state index contributed by atoms with van der Waals surface area (Å²) in [5, 5.41) is 1.03. The van der Waals surface area contributed by atoms with Crippen molar-refractivity contribution in [2.24, 2.45) is 0 Å². The van der Waals surface area contributed by atoms with E-state index in [1.54, 1.807) is 11.3 Å². The van der Waals surface area contributed by atoms with E-state index in [1.165, 1.54) is 10.4 Å². The molecule has 108 valence electrons. The first-order valence-electron chi connectivity index (χ1n) is 6.97. The van der Waals surface area contributed by atoms with Crippen LogP contribution in [0.5, 0.6) is 0 Å². The summed E-state index contributed by atoms with van der Waals surface area (Å²) in [5.74, 6) is 1.47. The largest absolute Gasteiger partial charge is 0.383 e. The predicted octanol–water partition coefficient (Wildman–Crippen LogP) is 1.77. The summed E-state index contributed by atoms with van der Waals surface area (Å²) < 4.78 is 5.35. The standard InChI is InChI=1S/C14H20N4OS/c1-9-10(2)20-14-12(9)13(15)16-11(17-14)3-4-18-5-7-19-8-6-18/h3-8H2,1-2H3,(H2,15,16,17). The van der Waals surface area contributed by atoms with Gasteiger partial charge in [-0.15, -0.1) is 11.3 Å². The number of nitrogen functional groups attached to an aromatic ring is 1. The van der Waals surface area contributed by atoms with Crippen LogP contribution >= 0.6 is 11.3 Å². The molecule has 1 aliphatic heterocycles. The third-order valence-electron chi connectivity index (χ3n) is 3.86. The molecule has 0 bridgehead atoms. The Labute approximate surface area is 122 Å². The molecule has 1 fully saturated rings. The summed E-state index contributed by atoms with van der Waals surface area (Å²) in [6, 6.07) is 0. The molecule has 0 spiro atoms. The van der Waals surface area contributed by atoms with Gasteiger partial charge in [-0.05, 0) is 19.4 Å². The van der Waals surface area contributed by atoms with Crippen LogP contribution in [0.3, 0.4) is 0 Å². The lowest BCUT2D eigenvalue weighted by atomic mass is 10.2. The molecule has 1 aliphatic rings. The van der Waals surface area contributed by atoms with Crippen molar-refractivity contribution in [3.63, 3.8) is 0 Å². The van der Waals surface area contributed by atoms with Gasteiger partial charge in [-0.2, -0.15) is 0 Å². The Bertz CT molecular complexity index is 619. The van der Waals surface area contributed by atoms with Crippen LogP contribution in [-0.4, -0.2) is 47.7 Å². The zero-order valence-corrected chi connectivity index (χ0v) is 12.8. The molecule has 0 aliphatic carbocycles. The average Bonchev–Trinajstić information content (AvgIpc) is 2.73. The number of anilines is 1. The Hall–Kier alpha value is -1.24. The van der Waals surface area contributed by atoms with Crippen molar-refractivity contribution in [3.05, 3.63) is 16.3 Å². The van der Waals surface area contributed by atoms with Gasteiger partial charge in [0, 0.05) is 30.9 Å². The second-order valence-electron chi connectivity index (χ2n) is 5.19. The molecule has 2 N–H and O–H groups in total. The molecule has 3 rings (SSSR count). The van der Waals surface area contributed by atoms with E-state index in [0.717, 1.165) is 55.3 Å². The van der Waals surface area contributed by atoms with Crippen LogP contribution < -0.4 is 5.73 Å². The maximum Gasteiger partial charge on any atom is 0.136 e. The van der Waals surface area contributed by atoms with Crippen molar-refractivity contribution in [1.29, 1.82) is 0 Å². The summed E-state index contributed by atoms with van der Waals surface area (Å²) in [6.07, 6.45) is 0.843. The van der Waals surface area contributed by atoms with Gasteiger partial charge in [-0.1, -0.05) is 0 Å². The number of rotatable bonds is 3. The molecule has 3 heterocycles. The van der Waals surface area contributed by atoms with Crippen molar-refractivity contribution in [3.8, 4) is 0 Å². The molecule has 0 atom stereocenters. The number of morpholine rings is 1. The lowest BCUT2D eigenvalue weighted by Crippen LogP contribution is -2.37. The quantitative estimate of drug-likeness (QED) is 0.934. The fraction of sp³-hybridized carbons (Fsp3) is 0.571. The molecule has 0 unspecified atom stereocenters. The van der Waals surface area contributed by atoms with E-state index >= 15 is 0 Å². The molecule has 1 saturated heterocycles. The van der Waals surface area contributed by atoms with Crippen molar-refractivity contribution < 1.29 is 4.74 Å². The third kappa shape index (κ3) is 2.63. The molecular formula is C14H20N4OS. The summed E-state index contributed by atoms with van der Waals surface area (Å²) in [6.45, 7) is 8.80. The molecule has 2 aromatic rings. The highest BCUT2D eigenvalue weighted by molar-refractivity contribution is 7.18. The zero-order chi connectivity index (χ0) is 14.1. The smallest absolute Gasteiger partial charge is 0.136 e. The minimum absolute atomic E-state index is 0.619. The van der Waals surface area contributed by atoms with Crippen LogP contribution in [-0.2, 0) is 11.2 Å². The highest BCUT2D eigenvalue weighted by Crippen LogP contribution is 2.31. The van der Waals surface area contributed by atoms with Crippen LogP contribution in [0, 0.1) is 13.8 Å². The van der Waals surface area contributed by atoms with E-state index in [4.69, 9.17) is 10.5 Å². The summed E-state index contributed by atoms with van der Waals surface area (Å²) in [4.78, 5) is 13.8. The average molecular weight is 292 g/mol. The van der Waals surface area contributed by atoms with Gasteiger partial charge < -0.3 is 10.5 Å². The maximum absolute atomic E-state index is 6.10. The molecule has 0 saturated carbocycles. The number of fused-ring (bicyclic) bond motifs is 1. The Kier molecular flexibility index (Phi) is 3.87. The van der Waals surface area contributed by atoms with Gasteiger partial charge in [-0.3, -0.25) is 4.90 Å². The molecule has 0 aromatic carbocycles. The van der Waals surface area contributed by atoms with E-state index < -0.39 is 0 Å². The van der Waals surface area contributed by atoms with Crippen molar-refractivity contribution >= 4 is 27.4 Å². The number of aromatic nitrogens is 2. The van der Waals surface area contributed by atoms with E-state index in [-0.39, 0.29) is 0 Å². The molecule has 2 aromatic heterocycles. The van der Waals surface area contributed by atoms with Crippen molar-refractivity contribution in [1.82, 2.24) is 14.9 Å². The Morgan fingerprint density at radius 2 is 2.00 bits per heavy atom. The number of hydrogen-bond donors (Lipinski definition) is 1. The lowest BCUT2D eigenvalue weighted by molar-refractivity contribution is 0.0382. The number of thiophene rings is 1. The van der Waals surface area contributed by atoms with E-state index in [0.29, 0.717) is 5.82 Å². The monoisotopic (exact) mass is 292 g/mol.